The van der Waals surface area contributed by atoms with Gasteiger partial charge in [0, 0.05) is 11.0 Å². The summed E-state index contributed by atoms with van der Waals surface area (Å²) in [5, 5.41) is 12.7. The Morgan fingerprint density at radius 3 is 2.78 bits per heavy atom. The second-order valence-electron chi connectivity index (χ2n) is 4.10. The van der Waals surface area contributed by atoms with E-state index in [9.17, 15) is 13.5 Å². The third kappa shape index (κ3) is 5.06. The smallest absolute Gasteiger partial charge is 0.180 e. The average molecular weight is 336 g/mol. The maximum atomic E-state index is 12.0. The van der Waals surface area contributed by atoms with Gasteiger partial charge in [0.15, 0.2) is 9.84 Å². The molecular weight excluding hydrogens is 318 g/mol. The van der Waals surface area contributed by atoms with E-state index in [1.54, 1.807) is 18.2 Å². The van der Waals surface area contributed by atoms with Crippen molar-refractivity contribution in [2.75, 3.05) is 18.8 Å². The van der Waals surface area contributed by atoms with Gasteiger partial charge in [-0.15, -0.1) is 0 Å². The zero-order valence-electron chi connectivity index (χ0n) is 10.3. The Balaban J connectivity index is 2.64. The average Bonchev–Trinajstić information content (AvgIpc) is 2.28. The van der Waals surface area contributed by atoms with Crippen molar-refractivity contribution in [2.45, 2.75) is 24.3 Å². The van der Waals surface area contributed by atoms with Gasteiger partial charge in [-0.25, -0.2) is 8.42 Å². The van der Waals surface area contributed by atoms with Gasteiger partial charge in [0.2, 0.25) is 0 Å². The fourth-order valence-corrected chi connectivity index (χ4v) is 3.47. The van der Waals surface area contributed by atoms with E-state index in [1.165, 1.54) is 6.07 Å². The van der Waals surface area contributed by atoms with Crippen molar-refractivity contribution in [2.24, 2.45) is 0 Å². The van der Waals surface area contributed by atoms with Gasteiger partial charge in [0.1, 0.15) is 0 Å². The van der Waals surface area contributed by atoms with Crippen LogP contribution in [0.3, 0.4) is 0 Å². The van der Waals surface area contributed by atoms with Crippen LogP contribution in [0.5, 0.6) is 0 Å². The molecule has 1 aromatic carbocycles. The lowest BCUT2D eigenvalue weighted by atomic mass is 10.4. The van der Waals surface area contributed by atoms with Gasteiger partial charge in [-0.05, 0) is 31.2 Å². The van der Waals surface area contributed by atoms with Crippen LogP contribution < -0.4 is 5.32 Å². The molecule has 0 aromatic heterocycles. The second kappa shape index (κ2) is 7.23. The van der Waals surface area contributed by atoms with Crippen LogP contribution in [0.1, 0.15) is 13.3 Å². The Labute approximate surface area is 116 Å². The predicted octanol–water partition coefficient (Wildman–Crippen LogP) is 1.58. The molecule has 0 saturated carbocycles. The number of nitrogens with one attached hydrogen (secondary N) is 1. The van der Waals surface area contributed by atoms with E-state index in [2.05, 4.69) is 21.2 Å². The molecule has 2 N–H and O–H groups in total. The van der Waals surface area contributed by atoms with Crippen molar-refractivity contribution in [3.05, 3.63) is 28.7 Å². The lowest BCUT2D eigenvalue weighted by molar-refractivity contribution is 0.194. The minimum absolute atomic E-state index is 0.228. The number of rotatable bonds is 7. The summed E-state index contributed by atoms with van der Waals surface area (Å²) < 4.78 is 24.7. The first-order valence-electron chi connectivity index (χ1n) is 5.83. The maximum Gasteiger partial charge on any atom is 0.180 e. The molecule has 0 aliphatic carbocycles. The summed E-state index contributed by atoms with van der Waals surface area (Å²) in [6, 6.07) is 6.50. The molecule has 0 amide bonds. The van der Waals surface area contributed by atoms with E-state index >= 15 is 0 Å². The third-order valence-corrected chi connectivity index (χ3v) is 4.66. The largest absolute Gasteiger partial charge is 0.391 e. The summed E-state index contributed by atoms with van der Waals surface area (Å²) in [6.07, 6.45) is 0.0611. The van der Waals surface area contributed by atoms with Gasteiger partial charge in [-0.1, -0.05) is 28.9 Å². The van der Waals surface area contributed by atoms with Crippen molar-refractivity contribution < 1.29 is 13.5 Å². The molecule has 18 heavy (non-hydrogen) atoms. The van der Waals surface area contributed by atoms with Crippen LogP contribution in [0.4, 0.5) is 0 Å². The molecule has 0 heterocycles. The van der Waals surface area contributed by atoms with Crippen molar-refractivity contribution in [3.8, 4) is 0 Å². The van der Waals surface area contributed by atoms with Gasteiger partial charge in [0.05, 0.1) is 16.8 Å². The van der Waals surface area contributed by atoms with Crippen LogP contribution in [0, 0.1) is 0 Å². The normalized spacial score (nSPS) is 13.5. The number of halogens is 1. The predicted molar refractivity (Wildman–Crippen MR) is 75.4 cm³/mol. The summed E-state index contributed by atoms with van der Waals surface area (Å²) in [4.78, 5) is 0.228. The highest BCUT2D eigenvalue weighted by Gasteiger charge is 2.19. The standard InChI is InChI=1S/C12H18BrNO3S/c1-2-6-14-8-11(15)9-18(16,17)12-5-3-4-10(13)7-12/h3-5,7,11,14-15H,2,6,8-9H2,1H3. The lowest BCUT2D eigenvalue weighted by Gasteiger charge is -2.12. The molecular formula is C12H18BrNO3S. The van der Waals surface area contributed by atoms with E-state index < -0.39 is 15.9 Å². The van der Waals surface area contributed by atoms with Crippen LogP contribution in [-0.2, 0) is 9.84 Å². The minimum atomic E-state index is -3.44. The highest BCUT2D eigenvalue weighted by Crippen LogP contribution is 2.17. The molecule has 0 aliphatic heterocycles. The van der Waals surface area contributed by atoms with Crippen LogP contribution in [0.2, 0.25) is 0 Å². The molecule has 1 unspecified atom stereocenters. The van der Waals surface area contributed by atoms with E-state index in [1.807, 2.05) is 6.92 Å². The quantitative estimate of drug-likeness (QED) is 0.742. The van der Waals surface area contributed by atoms with E-state index in [0.717, 1.165) is 13.0 Å². The summed E-state index contributed by atoms with van der Waals surface area (Å²) in [7, 11) is -3.44. The SMILES string of the molecule is CCCNCC(O)CS(=O)(=O)c1cccc(Br)c1. The summed E-state index contributed by atoms with van der Waals surface area (Å²) >= 11 is 3.23. The molecule has 0 radical (unpaired) electrons. The minimum Gasteiger partial charge on any atom is -0.391 e. The fourth-order valence-electron chi connectivity index (χ4n) is 1.51. The van der Waals surface area contributed by atoms with Crippen molar-refractivity contribution in [1.29, 1.82) is 0 Å². The van der Waals surface area contributed by atoms with Crippen LogP contribution >= 0.6 is 15.9 Å². The van der Waals surface area contributed by atoms with Gasteiger partial charge >= 0.3 is 0 Å². The molecule has 1 atom stereocenters. The highest BCUT2D eigenvalue weighted by molar-refractivity contribution is 9.10. The molecule has 4 nitrogen and oxygen atoms in total. The van der Waals surface area contributed by atoms with Crippen LogP contribution in [0.15, 0.2) is 33.6 Å². The van der Waals surface area contributed by atoms with Gasteiger partial charge in [-0.3, -0.25) is 0 Å². The van der Waals surface area contributed by atoms with Crippen molar-refractivity contribution in [1.82, 2.24) is 5.32 Å². The molecule has 1 rings (SSSR count). The highest BCUT2D eigenvalue weighted by atomic mass is 79.9. The van der Waals surface area contributed by atoms with Crippen LogP contribution in [-0.4, -0.2) is 38.5 Å². The Kier molecular flexibility index (Phi) is 6.28. The first-order valence-corrected chi connectivity index (χ1v) is 8.27. The summed E-state index contributed by atoms with van der Waals surface area (Å²) in [5.41, 5.74) is 0. The molecule has 102 valence electrons. The second-order valence-corrected chi connectivity index (χ2v) is 7.05. The monoisotopic (exact) mass is 335 g/mol. The van der Waals surface area contributed by atoms with E-state index in [-0.39, 0.29) is 10.6 Å². The Morgan fingerprint density at radius 2 is 2.17 bits per heavy atom. The fraction of sp³-hybridized carbons (Fsp3) is 0.500. The third-order valence-electron chi connectivity index (χ3n) is 2.37. The molecule has 6 heteroatoms. The number of aliphatic hydroxyl groups excluding tert-OH is 1. The Morgan fingerprint density at radius 1 is 1.44 bits per heavy atom. The van der Waals surface area contributed by atoms with Crippen molar-refractivity contribution in [3.63, 3.8) is 0 Å². The summed E-state index contributed by atoms with van der Waals surface area (Å²) in [6.45, 7) is 3.08. The lowest BCUT2D eigenvalue weighted by Crippen LogP contribution is -2.32. The first kappa shape index (κ1) is 15.6. The number of hydrogen-bond acceptors (Lipinski definition) is 4. The van der Waals surface area contributed by atoms with Crippen molar-refractivity contribution >= 4 is 25.8 Å². The van der Waals surface area contributed by atoms with E-state index in [0.29, 0.717) is 11.0 Å². The summed E-state index contributed by atoms with van der Waals surface area (Å²) in [5.74, 6) is -0.264. The number of sulfone groups is 1. The van der Waals surface area contributed by atoms with Gasteiger partial charge < -0.3 is 10.4 Å². The number of aliphatic hydroxyl groups is 1. The maximum absolute atomic E-state index is 12.0. The number of benzene rings is 1. The molecule has 0 bridgehead atoms. The molecule has 0 saturated heterocycles. The number of hydrogen-bond donors (Lipinski definition) is 2. The molecule has 0 aliphatic rings. The van der Waals surface area contributed by atoms with Gasteiger partial charge in [0.25, 0.3) is 0 Å². The zero-order valence-corrected chi connectivity index (χ0v) is 12.7. The van der Waals surface area contributed by atoms with E-state index in [4.69, 9.17) is 0 Å². The Bertz CT molecular complexity index is 476. The first-order chi connectivity index (χ1) is 8.45. The molecule has 1 aromatic rings. The molecule has 0 spiro atoms. The Hall–Kier alpha value is -0.430. The van der Waals surface area contributed by atoms with Gasteiger partial charge in [-0.2, -0.15) is 0 Å². The topological polar surface area (TPSA) is 66.4 Å². The molecule has 0 fully saturated rings. The van der Waals surface area contributed by atoms with Crippen LogP contribution in [0.25, 0.3) is 0 Å². The zero-order chi connectivity index (χ0) is 13.6.